The third-order valence-electron chi connectivity index (χ3n) is 4.67. The van der Waals surface area contributed by atoms with Crippen molar-refractivity contribution in [3.05, 3.63) is 114 Å². The van der Waals surface area contributed by atoms with E-state index in [1.54, 1.807) is 0 Å². The van der Waals surface area contributed by atoms with Gasteiger partial charge in [-0.25, -0.2) is 0 Å². The molecular formula is C23H19NO. The summed E-state index contributed by atoms with van der Waals surface area (Å²) in [6.45, 7) is 0. The van der Waals surface area contributed by atoms with Gasteiger partial charge in [0, 0.05) is 11.6 Å². The van der Waals surface area contributed by atoms with Crippen molar-refractivity contribution < 1.29 is 4.79 Å². The third kappa shape index (κ3) is 3.11. The Morgan fingerprint density at radius 1 is 0.640 bits per heavy atom. The molecule has 2 unspecified atom stereocenters. The molecule has 2 heteroatoms. The van der Waals surface area contributed by atoms with Crippen LogP contribution in [0.3, 0.4) is 0 Å². The van der Waals surface area contributed by atoms with Gasteiger partial charge in [-0.2, -0.15) is 0 Å². The lowest BCUT2D eigenvalue weighted by molar-refractivity contribution is -0.122. The molecule has 2 nitrogen and oxygen atoms in total. The van der Waals surface area contributed by atoms with Crippen molar-refractivity contribution in [1.82, 2.24) is 5.32 Å². The van der Waals surface area contributed by atoms with Crippen LogP contribution < -0.4 is 5.32 Å². The van der Waals surface area contributed by atoms with E-state index in [1.807, 2.05) is 78.9 Å². The monoisotopic (exact) mass is 325 g/mol. The molecule has 1 amide bonds. The van der Waals surface area contributed by atoms with E-state index in [0.717, 1.165) is 22.4 Å². The molecule has 0 fully saturated rings. The number of hydrogen-bond donors (Lipinski definition) is 1. The summed E-state index contributed by atoms with van der Waals surface area (Å²) < 4.78 is 0. The maximum absolute atomic E-state index is 13.0. The van der Waals surface area contributed by atoms with Crippen LogP contribution in [0.5, 0.6) is 0 Å². The first-order valence-electron chi connectivity index (χ1n) is 8.51. The summed E-state index contributed by atoms with van der Waals surface area (Å²) >= 11 is 0. The van der Waals surface area contributed by atoms with Crippen molar-refractivity contribution >= 4 is 11.6 Å². The SMILES string of the molecule is O=C1NC(c2ccccc2)=CC(c2ccccc2)C1c1ccccc1. The van der Waals surface area contributed by atoms with Crippen molar-refractivity contribution in [3.63, 3.8) is 0 Å². The van der Waals surface area contributed by atoms with Gasteiger partial charge in [0.2, 0.25) is 5.91 Å². The smallest absolute Gasteiger partial charge is 0.232 e. The fourth-order valence-electron chi connectivity index (χ4n) is 3.46. The highest BCUT2D eigenvalue weighted by molar-refractivity contribution is 5.95. The van der Waals surface area contributed by atoms with Crippen molar-refractivity contribution in [2.24, 2.45) is 0 Å². The molecule has 2 atom stereocenters. The van der Waals surface area contributed by atoms with Gasteiger partial charge in [-0.1, -0.05) is 97.1 Å². The second-order valence-corrected chi connectivity index (χ2v) is 6.26. The molecule has 1 aliphatic rings. The third-order valence-corrected chi connectivity index (χ3v) is 4.67. The number of nitrogens with one attached hydrogen (secondary N) is 1. The molecule has 1 heterocycles. The maximum Gasteiger partial charge on any atom is 0.232 e. The Morgan fingerprint density at radius 2 is 1.16 bits per heavy atom. The minimum absolute atomic E-state index is 0.00700. The molecule has 25 heavy (non-hydrogen) atoms. The number of carbonyl (C=O) groups is 1. The van der Waals surface area contributed by atoms with Crippen LogP contribution in [-0.4, -0.2) is 5.91 Å². The van der Waals surface area contributed by atoms with E-state index in [9.17, 15) is 4.79 Å². The van der Waals surface area contributed by atoms with Crippen LogP contribution in [0, 0.1) is 0 Å². The van der Waals surface area contributed by atoms with E-state index in [0.29, 0.717) is 0 Å². The Morgan fingerprint density at radius 3 is 1.76 bits per heavy atom. The van der Waals surface area contributed by atoms with Crippen molar-refractivity contribution in [2.45, 2.75) is 11.8 Å². The van der Waals surface area contributed by atoms with Crippen molar-refractivity contribution in [1.29, 1.82) is 0 Å². The van der Waals surface area contributed by atoms with E-state index in [-0.39, 0.29) is 17.7 Å². The Bertz CT molecular complexity index is 885. The van der Waals surface area contributed by atoms with Gasteiger partial charge in [-0.15, -0.1) is 0 Å². The first-order valence-corrected chi connectivity index (χ1v) is 8.51. The second-order valence-electron chi connectivity index (χ2n) is 6.26. The van der Waals surface area contributed by atoms with E-state index in [4.69, 9.17) is 0 Å². The zero-order valence-electron chi connectivity index (χ0n) is 13.8. The predicted molar refractivity (Wildman–Crippen MR) is 101 cm³/mol. The Labute approximate surface area is 147 Å². The van der Waals surface area contributed by atoms with E-state index in [1.165, 1.54) is 0 Å². The number of carbonyl (C=O) groups excluding carboxylic acids is 1. The summed E-state index contributed by atoms with van der Waals surface area (Å²) in [6, 6.07) is 30.3. The fraction of sp³-hybridized carbons (Fsp3) is 0.0870. The highest BCUT2D eigenvalue weighted by Crippen LogP contribution is 2.39. The van der Waals surface area contributed by atoms with Crippen molar-refractivity contribution in [3.8, 4) is 0 Å². The molecule has 0 bridgehead atoms. The van der Waals surface area contributed by atoms with E-state index in [2.05, 4.69) is 23.5 Å². The maximum atomic E-state index is 13.0. The molecule has 1 aliphatic heterocycles. The molecule has 1 N–H and O–H groups in total. The van der Waals surface area contributed by atoms with Crippen molar-refractivity contribution in [2.75, 3.05) is 0 Å². The Kier molecular flexibility index (Phi) is 4.17. The number of amides is 1. The van der Waals surface area contributed by atoms with Gasteiger partial charge < -0.3 is 5.32 Å². The molecule has 0 radical (unpaired) electrons. The number of hydrogen-bond acceptors (Lipinski definition) is 1. The standard InChI is InChI=1S/C23H19NO/c25-23-22(19-14-8-3-9-15-19)20(17-10-4-1-5-11-17)16-21(24-23)18-12-6-2-7-13-18/h1-16,20,22H,(H,24,25). The molecule has 3 aromatic carbocycles. The summed E-state index contributed by atoms with van der Waals surface area (Å²) in [4.78, 5) is 13.0. The highest BCUT2D eigenvalue weighted by Gasteiger charge is 2.34. The lowest BCUT2D eigenvalue weighted by Gasteiger charge is -2.31. The van der Waals surface area contributed by atoms with Gasteiger partial charge in [-0.3, -0.25) is 4.79 Å². The van der Waals surface area contributed by atoms with Gasteiger partial charge >= 0.3 is 0 Å². The molecule has 0 spiro atoms. The van der Waals surface area contributed by atoms with Gasteiger partial charge in [0.15, 0.2) is 0 Å². The molecular weight excluding hydrogens is 306 g/mol. The van der Waals surface area contributed by atoms with Crippen LogP contribution in [0.1, 0.15) is 28.5 Å². The summed E-state index contributed by atoms with van der Waals surface area (Å²) in [5.41, 5.74) is 4.10. The topological polar surface area (TPSA) is 29.1 Å². The molecule has 0 saturated carbocycles. The van der Waals surface area contributed by atoms with E-state index < -0.39 is 0 Å². The van der Waals surface area contributed by atoms with Gasteiger partial charge in [-0.05, 0) is 16.7 Å². The minimum Gasteiger partial charge on any atom is -0.325 e. The van der Waals surface area contributed by atoms with Crippen LogP contribution in [0.25, 0.3) is 5.70 Å². The van der Waals surface area contributed by atoms with E-state index >= 15 is 0 Å². The second kappa shape index (κ2) is 6.78. The minimum atomic E-state index is -0.226. The van der Waals surface area contributed by atoms with Gasteiger partial charge in [0.25, 0.3) is 0 Å². The molecule has 0 aliphatic carbocycles. The molecule has 122 valence electrons. The lowest BCUT2D eigenvalue weighted by Crippen LogP contribution is -2.35. The summed E-state index contributed by atoms with van der Waals surface area (Å²) in [5, 5.41) is 3.10. The summed E-state index contributed by atoms with van der Waals surface area (Å²) in [5.74, 6) is -0.176. The Balaban J connectivity index is 1.83. The highest BCUT2D eigenvalue weighted by atomic mass is 16.2. The van der Waals surface area contributed by atoms with Crippen LogP contribution >= 0.6 is 0 Å². The predicted octanol–water partition coefficient (Wildman–Crippen LogP) is 4.72. The molecule has 0 aromatic heterocycles. The zero-order valence-corrected chi connectivity index (χ0v) is 13.8. The van der Waals surface area contributed by atoms with Crippen LogP contribution in [0.15, 0.2) is 97.1 Å². The van der Waals surface area contributed by atoms with Gasteiger partial charge in [0.1, 0.15) is 0 Å². The molecule has 0 saturated heterocycles. The first-order chi connectivity index (χ1) is 12.3. The molecule has 3 aromatic rings. The number of allylic oxidation sites excluding steroid dienone is 1. The van der Waals surface area contributed by atoms with Crippen LogP contribution in [0.4, 0.5) is 0 Å². The average Bonchev–Trinajstić information content (AvgIpc) is 2.69. The number of benzene rings is 3. The first kappa shape index (κ1) is 15.4. The normalized spacial score (nSPS) is 19.8. The quantitative estimate of drug-likeness (QED) is 0.741. The summed E-state index contributed by atoms with van der Waals surface area (Å²) in [6.07, 6.45) is 2.18. The largest absolute Gasteiger partial charge is 0.325 e. The average molecular weight is 325 g/mol. The zero-order chi connectivity index (χ0) is 17.1. The van der Waals surface area contributed by atoms with Crippen LogP contribution in [0.2, 0.25) is 0 Å². The number of rotatable bonds is 3. The molecule has 4 rings (SSSR count). The van der Waals surface area contributed by atoms with Gasteiger partial charge in [0.05, 0.1) is 5.92 Å². The summed E-state index contributed by atoms with van der Waals surface area (Å²) in [7, 11) is 0. The fourth-order valence-corrected chi connectivity index (χ4v) is 3.46. The van der Waals surface area contributed by atoms with Crippen LogP contribution in [-0.2, 0) is 4.79 Å². The lowest BCUT2D eigenvalue weighted by atomic mass is 9.78. The Hall–Kier alpha value is -3.13.